The van der Waals surface area contributed by atoms with Gasteiger partial charge in [-0.3, -0.25) is 9.59 Å². The summed E-state index contributed by atoms with van der Waals surface area (Å²) in [6.45, 7) is 1.69. The number of carbonyl (C=O) groups excluding carboxylic acids is 2. The summed E-state index contributed by atoms with van der Waals surface area (Å²) in [5.41, 5.74) is 1.56. The van der Waals surface area contributed by atoms with E-state index in [4.69, 9.17) is 0 Å². The van der Waals surface area contributed by atoms with E-state index in [-0.39, 0.29) is 30.1 Å². The van der Waals surface area contributed by atoms with E-state index in [1.165, 1.54) is 12.1 Å². The fourth-order valence-corrected chi connectivity index (χ4v) is 2.14. The molecule has 0 fully saturated rings. The molecule has 2 aromatic carbocycles. The molecule has 23 heavy (non-hydrogen) atoms. The third-order valence-corrected chi connectivity index (χ3v) is 3.38. The van der Waals surface area contributed by atoms with Crippen LogP contribution in [0.15, 0.2) is 54.6 Å². The molecule has 0 aliphatic carbocycles. The number of hydrogen-bond donors (Lipinski definition) is 2. The summed E-state index contributed by atoms with van der Waals surface area (Å²) in [5.74, 6) is -1.09. The van der Waals surface area contributed by atoms with Gasteiger partial charge >= 0.3 is 0 Å². The van der Waals surface area contributed by atoms with Gasteiger partial charge in [-0.2, -0.15) is 0 Å². The van der Waals surface area contributed by atoms with Crippen molar-refractivity contribution in [3.63, 3.8) is 0 Å². The summed E-state index contributed by atoms with van der Waals surface area (Å²) in [5, 5.41) is 5.31. The molecule has 5 heteroatoms. The van der Waals surface area contributed by atoms with Crippen LogP contribution in [0.3, 0.4) is 0 Å². The van der Waals surface area contributed by atoms with Crippen LogP contribution in [0.4, 0.5) is 10.1 Å². The van der Waals surface area contributed by atoms with Crippen molar-refractivity contribution in [3.8, 4) is 0 Å². The van der Waals surface area contributed by atoms with Crippen LogP contribution in [0.25, 0.3) is 0 Å². The first-order valence-electron chi connectivity index (χ1n) is 7.41. The third-order valence-electron chi connectivity index (χ3n) is 3.38. The molecular formula is C18H19FN2O2. The minimum Gasteiger partial charge on any atom is -0.347 e. The molecule has 1 unspecified atom stereocenters. The van der Waals surface area contributed by atoms with E-state index in [9.17, 15) is 14.0 Å². The first-order valence-corrected chi connectivity index (χ1v) is 7.41. The van der Waals surface area contributed by atoms with Crippen LogP contribution in [0.1, 0.15) is 12.5 Å². The van der Waals surface area contributed by atoms with Crippen molar-refractivity contribution in [1.29, 1.82) is 0 Å². The Morgan fingerprint density at radius 3 is 2.35 bits per heavy atom. The highest BCUT2D eigenvalue weighted by atomic mass is 19.1. The standard InChI is InChI=1S/C18H19FN2O2/c1-13(11-14-7-9-15(19)10-8-14)18(23)20-12-17(22)21-16-5-3-2-4-6-16/h2-10,13H,11-12H2,1H3,(H,20,23)(H,21,22). The van der Waals surface area contributed by atoms with Crippen molar-refractivity contribution >= 4 is 17.5 Å². The van der Waals surface area contributed by atoms with Gasteiger partial charge in [0.25, 0.3) is 0 Å². The maximum Gasteiger partial charge on any atom is 0.243 e. The van der Waals surface area contributed by atoms with Crippen molar-refractivity contribution in [1.82, 2.24) is 5.32 Å². The fraction of sp³-hybridized carbons (Fsp3) is 0.222. The fourth-order valence-electron chi connectivity index (χ4n) is 2.14. The van der Waals surface area contributed by atoms with Crippen molar-refractivity contribution in [2.24, 2.45) is 5.92 Å². The Morgan fingerprint density at radius 1 is 1.04 bits per heavy atom. The Morgan fingerprint density at radius 2 is 1.70 bits per heavy atom. The van der Waals surface area contributed by atoms with Crippen molar-refractivity contribution in [3.05, 3.63) is 66.0 Å². The van der Waals surface area contributed by atoms with E-state index in [1.807, 2.05) is 18.2 Å². The Balaban J connectivity index is 1.77. The van der Waals surface area contributed by atoms with Crippen molar-refractivity contribution in [2.75, 3.05) is 11.9 Å². The van der Waals surface area contributed by atoms with Gasteiger partial charge in [0, 0.05) is 11.6 Å². The molecule has 0 spiro atoms. The van der Waals surface area contributed by atoms with Gasteiger partial charge in [-0.1, -0.05) is 37.3 Å². The van der Waals surface area contributed by atoms with E-state index < -0.39 is 0 Å². The van der Waals surface area contributed by atoms with Crippen LogP contribution in [-0.4, -0.2) is 18.4 Å². The molecular weight excluding hydrogens is 295 g/mol. The number of rotatable bonds is 6. The molecule has 0 aliphatic heterocycles. The number of carbonyl (C=O) groups is 2. The molecule has 4 nitrogen and oxygen atoms in total. The molecule has 0 bridgehead atoms. The van der Waals surface area contributed by atoms with Gasteiger partial charge in [-0.25, -0.2) is 4.39 Å². The van der Waals surface area contributed by atoms with E-state index >= 15 is 0 Å². The average molecular weight is 314 g/mol. The van der Waals surface area contributed by atoms with Gasteiger partial charge in [0.1, 0.15) is 5.82 Å². The summed E-state index contributed by atoms with van der Waals surface area (Å²) < 4.78 is 12.8. The van der Waals surface area contributed by atoms with E-state index in [2.05, 4.69) is 10.6 Å². The minimum absolute atomic E-state index is 0.0819. The van der Waals surface area contributed by atoms with Gasteiger partial charge in [0.05, 0.1) is 6.54 Å². The first kappa shape index (κ1) is 16.7. The smallest absolute Gasteiger partial charge is 0.243 e. The van der Waals surface area contributed by atoms with Crippen molar-refractivity contribution in [2.45, 2.75) is 13.3 Å². The molecule has 0 aromatic heterocycles. The molecule has 2 N–H and O–H groups in total. The zero-order valence-electron chi connectivity index (χ0n) is 12.9. The number of halogens is 1. The van der Waals surface area contributed by atoms with Gasteiger partial charge in [0.15, 0.2) is 0 Å². The highest BCUT2D eigenvalue weighted by molar-refractivity contribution is 5.94. The second-order valence-corrected chi connectivity index (χ2v) is 5.36. The first-order chi connectivity index (χ1) is 11.0. The largest absolute Gasteiger partial charge is 0.347 e. The molecule has 1 atom stereocenters. The highest BCUT2D eigenvalue weighted by Gasteiger charge is 2.14. The van der Waals surface area contributed by atoms with Gasteiger partial charge in [-0.05, 0) is 36.2 Å². The molecule has 0 saturated carbocycles. The minimum atomic E-state index is -0.302. The van der Waals surface area contributed by atoms with E-state index in [1.54, 1.807) is 31.2 Å². The summed E-state index contributed by atoms with van der Waals surface area (Å²) in [7, 11) is 0. The van der Waals surface area contributed by atoms with Crippen LogP contribution in [0.5, 0.6) is 0 Å². The van der Waals surface area contributed by atoms with Gasteiger partial charge in [-0.15, -0.1) is 0 Å². The quantitative estimate of drug-likeness (QED) is 0.861. The topological polar surface area (TPSA) is 58.2 Å². The van der Waals surface area contributed by atoms with Gasteiger partial charge < -0.3 is 10.6 Å². The van der Waals surface area contributed by atoms with Crippen LogP contribution in [0.2, 0.25) is 0 Å². The highest BCUT2D eigenvalue weighted by Crippen LogP contribution is 2.10. The lowest BCUT2D eigenvalue weighted by molar-refractivity contribution is -0.126. The lowest BCUT2D eigenvalue weighted by Crippen LogP contribution is -2.36. The summed E-state index contributed by atoms with van der Waals surface area (Å²) in [6, 6.07) is 15.1. The van der Waals surface area contributed by atoms with E-state index in [0.717, 1.165) is 5.56 Å². The van der Waals surface area contributed by atoms with Crippen LogP contribution < -0.4 is 10.6 Å². The number of anilines is 1. The lowest BCUT2D eigenvalue weighted by atomic mass is 10.0. The van der Waals surface area contributed by atoms with Crippen molar-refractivity contribution < 1.29 is 14.0 Å². The Kier molecular flexibility index (Phi) is 5.86. The maximum absolute atomic E-state index is 12.8. The maximum atomic E-state index is 12.8. The Labute approximate surface area is 134 Å². The predicted molar refractivity (Wildman–Crippen MR) is 87.3 cm³/mol. The molecule has 2 aromatic rings. The van der Waals surface area contributed by atoms with Crippen LogP contribution in [-0.2, 0) is 16.0 Å². The number of nitrogens with one attached hydrogen (secondary N) is 2. The number of benzene rings is 2. The monoisotopic (exact) mass is 314 g/mol. The Bertz CT molecular complexity index is 656. The summed E-state index contributed by atoms with van der Waals surface area (Å²) in [6.07, 6.45) is 0.492. The average Bonchev–Trinajstić information content (AvgIpc) is 2.55. The third kappa shape index (κ3) is 5.54. The molecule has 2 amide bonds. The predicted octanol–water partition coefficient (Wildman–Crippen LogP) is 2.76. The van der Waals surface area contributed by atoms with Crippen LogP contribution >= 0.6 is 0 Å². The summed E-state index contributed by atoms with van der Waals surface area (Å²) in [4.78, 5) is 23.8. The second kappa shape index (κ2) is 8.08. The molecule has 0 heterocycles. The van der Waals surface area contributed by atoms with Crippen LogP contribution in [0, 0.1) is 11.7 Å². The number of amides is 2. The second-order valence-electron chi connectivity index (χ2n) is 5.36. The molecule has 0 radical (unpaired) electrons. The van der Waals surface area contributed by atoms with E-state index in [0.29, 0.717) is 12.1 Å². The number of hydrogen-bond acceptors (Lipinski definition) is 2. The molecule has 0 saturated heterocycles. The lowest BCUT2D eigenvalue weighted by Gasteiger charge is -2.12. The zero-order valence-corrected chi connectivity index (χ0v) is 12.9. The van der Waals surface area contributed by atoms with Gasteiger partial charge in [0.2, 0.25) is 11.8 Å². The Hall–Kier alpha value is -2.69. The molecule has 2 rings (SSSR count). The zero-order chi connectivity index (χ0) is 16.7. The number of para-hydroxylation sites is 1. The molecule has 120 valence electrons. The normalized spacial score (nSPS) is 11.6. The summed E-state index contributed by atoms with van der Waals surface area (Å²) >= 11 is 0. The SMILES string of the molecule is CC(Cc1ccc(F)cc1)C(=O)NCC(=O)Nc1ccccc1. The molecule has 0 aliphatic rings.